The van der Waals surface area contributed by atoms with Gasteiger partial charge >= 0.3 is 0 Å². The maximum Gasteiger partial charge on any atom is 0.231 e. The predicted molar refractivity (Wildman–Crippen MR) is 80.5 cm³/mol. The van der Waals surface area contributed by atoms with Crippen LogP contribution < -0.4 is 10.6 Å². The quantitative estimate of drug-likeness (QED) is 0.837. The lowest BCUT2D eigenvalue weighted by Gasteiger charge is -2.26. The topological polar surface area (TPSA) is 67.9 Å². The second kappa shape index (κ2) is 6.93. The van der Waals surface area contributed by atoms with E-state index in [1.54, 1.807) is 11.8 Å². The Balaban J connectivity index is 2.01. The van der Waals surface area contributed by atoms with E-state index in [9.17, 15) is 0 Å². The minimum absolute atomic E-state index is 0.336. The van der Waals surface area contributed by atoms with Gasteiger partial charge in [0.05, 0.1) is 0 Å². The van der Waals surface area contributed by atoms with Gasteiger partial charge < -0.3 is 10.6 Å². The van der Waals surface area contributed by atoms with Crippen LogP contribution in [-0.2, 0) is 0 Å². The van der Waals surface area contributed by atoms with E-state index in [1.165, 1.54) is 19.3 Å². The van der Waals surface area contributed by atoms with Gasteiger partial charge in [0.25, 0.3) is 0 Å². The Labute approximate surface area is 119 Å². The van der Waals surface area contributed by atoms with Crippen LogP contribution in [-0.4, -0.2) is 33.8 Å². The van der Waals surface area contributed by atoms with Crippen molar-refractivity contribution in [1.29, 1.82) is 0 Å². The highest BCUT2D eigenvalue weighted by Crippen LogP contribution is 2.21. The van der Waals surface area contributed by atoms with Gasteiger partial charge in [-0.05, 0) is 31.6 Å². The zero-order valence-electron chi connectivity index (χ0n) is 11.8. The zero-order valence-corrected chi connectivity index (χ0v) is 12.6. The Hall–Kier alpha value is -1.04. The molecule has 19 heavy (non-hydrogen) atoms. The molecule has 1 fully saturated rings. The summed E-state index contributed by atoms with van der Waals surface area (Å²) in [5, 5.41) is 0.758. The molecule has 0 unspecified atom stereocenters. The Kier molecular flexibility index (Phi) is 5.24. The third-order valence-electron chi connectivity index (χ3n) is 3.19. The Morgan fingerprint density at radius 1 is 1.16 bits per heavy atom. The van der Waals surface area contributed by atoms with E-state index in [2.05, 4.69) is 33.7 Å². The van der Waals surface area contributed by atoms with E-state index in [0.29, 0.717) is 11.9 Å². The SMILES string of the molecule is CC(C)CCSc1nc(N)nc(N2CCCCC2)n1. The van der Waals surface area contributed by atoms with Crippen molar-refractivity contribution >= 4 is 23.7 Å². The van der Waals surface area contributed by atoms with E-state index in [-0.39, 0.29) is 0 Å². The number of piperidine rings is 1. The molecule has 1 aliphatic heterocycles. The van der Waals surface area contributed by atoms with Gasteiger partial charge in [0.2, 0.25) is 11.9 Å². The van der Waals surface area contributed by atoms with Gasteiger partial charge in [-0.3, -0.25) is 0 Å². The first kappa shape index (κ1) is 14.4. The van der Waals surface area contributed by atoms with Crippen molar-refractivity contribution < 1.29 is 0 Å². The van der Waals surface area contributed by atoms with Gasteiger partial charge in [0, 0.05) is 18.8 Å². The summed E-state index contributed by atoms with van der Waals surface area (Å²) >= 11 is 1.67. The lowest BCUT2D eigenvalue weighted by molar-refractivity contribution is 0.565. The van der Waals surface area contributed by atoms with E-state index < -0.39 is 0 Å². The molecular weight excluding hydrogens is 258 g/mol. The van der Waals surface area contributed by atoms with Crippen LogP contribution in [0.3, 0.4) is 0 Å². The van der Waals surface area contributed by atoms with Gasteiger partial charge in [-0.15, -0.1) is 0 Å². The molecule has 1 saturated heterocycles. The summed E-state index contributed by atoms with van der Waals surface area (Å²) in [5.41, 5.74) is 5.80. The Bertz CT molecular complexity index is 404. The molecule has 0 saturated carbocycles. The van der Waals surface area contributed by atoms with E-state index in [1.807, 2.05) is 0 Å². The fraction of sp³-hybridized carbons (Fsp3) is 0.769. The highest BCUT2D eigenvalue weighted by Gasteiger charge is 2.15. The second-order valence-electron chi connectivity index (χ2n) is 5.35. The molecule has 6 heteroatoms. The van der Waals surface area contributed by atoms with Crippen LogP contribution >= 0.6 is 11.8 Å². The third kappa shape index (κ3) is 4.53. The molecule has 2 rings (SSSR count). The number of nitrogens with zero attached hydrogens (tertiary/aromatic N) is 4. The molecule has 1 aromatic heterocycles. The van der Waals surface area contributed by atoms with Crippen LogP contribution in [0.4, 0.5) is 11.9 Å². The molecule has 0 atom stereocenters. The van der Waals surface area contributed by atoms with Crippen molar-refractivity contribution in [2.75, 3.05) is 29.5 Å². The van der Waals surface area contributed by atoms with Gasteiger partial charge in [-0.25, -0.2) is 0 Å². The first-order valence-corrected chi connectivity index (χ1v) is 8.03. The molecule has 1 aliphatic rings. The third-order valence-corrected chi connectivity index (χ3v) is 4.07. The molecule has 0 bridgehead atoms. The van der Waals surface area contributed by atoms with Crippen LogP contribution in [0.5, 0.6) is 0 Å². The van der Waals surface area contributed by atoms with Crippen molar-refractivity contribution in [3.8, 4) is 0 Å². The maximum absolute atomic E-state index is 5.80. The summed E-state index contributed by atoms with van der Waals surface area (Å²) in [6, 6.07) is 0. The maximum atomic E-state index is 5.80. The lowest BCUT2D eigenvalue weighted by Crippen LogP contribution is -2.31. The summed E-state index contributed by atoms with van der Waals surface area (Å²) in [7, 11) is 0. The predicted octanol–water partition coefficient (Wildman–Crippen LogP) is 2.58. The number of aromatic nitrogens is 3. The number of hydrogen-bond donors (Lipinski definition) is 1. The van der Waals surface area contributed by atoms with E-state index in [4.69, 9.17) is 5.73 Å². The van der Waals surface area contributed by atoms with E-state index in [0.717, 1.165) is 36.4 Å². The molecule has 0 amide bonds. The van der Waals surface area contributed by atoms with Gasteiger partial charge in [0.15, 0.2) is 5.16 Å². The number of nitrogens with two attached hydrogens (primary N) is 1. The summed E-state index contributed by atoms with van der Waals surface area (Å²) in [5.74, 6) is 2.82. The summed E-state index contributed by atoms with van der Waals surface area (Å²) in [6.45, 7) is 6.50. The smallest absolute Gasteiger partial charge is 0.231 e. The molecule has 1 aromatic rings. The highest BCUT2D eigenvalue weighted by atomic mass is 32.2. The monoisotopic (exact) mass is 281 g/mol. The largest absolute Gasteiger partial charge is 0.368 e. The molecule has 5 nitrogen and oxygen atoms in total. The van der Waals surface area contributed by atoms with Crippen molar-refractivity contribution in [3.63, 3.8) is 0 Å². The first-order chi connectivity index (χ1) is 9.15. The number of thioether (sulfide) groups is 1. The standard InChI is InChI=1S/C13H23N5S/c1-10(2)6-9-19-13-16-11(14)15-12(17-13)18-7-4-3-5-8-18/h10H,3-9H2,1-2H3,(H2,14,15,16,17). The number of rotatable bonds is 5. The van der Waals surface area contributed by atoms with Crippen LogP contribution in [0.15, 0.2) is 5.16 Å². The fourth-order valence-corrected chi connectivity index (χ4v) is 3.12. The summed E-state index contributed by atoms with van der Waals surface area (Å²) in [4.78, 5) is 15.2. The van der Waals surface area contributed by atoms with E-state index >= 15 is 0 Å². The van der Waals surface area contributed by atoms with Gasteiger partial charge in [-0.1, -0.05) is 25.6 Å². The van der Waals surface area contributed by atoms with Crippen molar-refractivity contribution in [2.24, 2.45) is 5.92 Å². The number of anilines is 2. The Morgan fingerprint density at radius 2 is 1.89 bits per heavy atom. The van der Waals surface area contributed by atoms with Crippen LogP contribution in [0.2, 0.25) is 0 Å². The Morgan fingerprint density at radius 3 is 2.58 bits per heavy atom. The molecule has 0 aliphatic carbocycles. The molecule has 0 radical (unpaired) electrons. The van der Waals surface area contributed by atoms with Crippen LogP contribution in [0, 0.1) is 5.92 Å². The normalized spacial score (nSPS) is 16.1. The van der Waals surface area contributed by atoms with Crippen LogP contribution in [0.25, 0.3) is 0 Å². The average molecular weight is 281 g/mol. The minimum Gasteiger partial charge on any atom is -0.368 e. The summed E-state index contributed by atoms with van der Waals surface area (Å²) in [6.07, 6.45) is 4.88. The van der Waals surface area contributed by atoms with Crippen molar-refractivity contribution in [3.05, 3.63) is 0 Å². The van der Waals surface area contributed by atoms with Gasteiger partial charge in [0.1, 0.15) is 0 Å². The van der Waals surface area contributed by atoms with Gasteiger partial charge in [-0.2, -0.15) is 15.0 Å². The second-order valence-corrected chi connectivity index (χ2v) is 6.42. The van der Waals surface area contributed by atoms with Crippen molar-refractivity contribution in [2.45, 2.75) is 44.7 Å². The highest BCUT2D eigenvalue weighted by molar-refractivity contribution is 7.99. The minimum atomic E-state index is 0.336. The summed E-state index contributed by atoms with van der Waals surface area (Å²) < 4.78 is 0. The molecule has 2 heterocycles. The molecule has 2 N–H and O–H groups in total. The fourth-order valence-electron chi connectivity index (χ4n) is 2.05. The van der Waals surface area contributed by atoms with Crippen molar-refractivity contribution in [1.82, 2.24) is 15.0 Å². The molecule has 0 spiro atoms. The lowest BCUT2D eigenvalue weighted by atomic mass is 10.1. The molecule has 106 valence electrons. The van der Waals surface area contributed by atoms with Crippen LogP contribution in [0.1, 0.15) is 39.5 Å². The zero-order chi connectivity index (χ0) is 13.7. The first-order valence-electron chi connectivity index (χ1n) is 7.04. The molecular formula is C13H23N5S. The average Bonchev–Trinajstić information content (AvgIpc) is 2.39. The number of hydrogen-bond acceptors (Lipinski definition) is 6. The molecule has 0 aromatic carbocycles. The number of nitrogen functional groups attached to an aromatic ring is 1.